The summed E-state index contributed by atoms with van der Waals surface area (Å²) in [5.41, 5.74) is 0.565. The second-order valence-corrected chi connectivity index (χ2v) is 8.05. The van der Waals surface area contributed by atoms with Gasteiger partial charge in [-0.2, -0.15) is 0 Å². The fourth-order valence-corrected chi connectivity index (χ4v) is 5.92. The minimum Gasteiger partial charge on any atom is -0.377 e. The Balaban J connectivity index is 1.63. The molecule has 4 fully saturated rings. The van der Waals surface area contributed by atoms with Crippen LogP contribution in [0.2, 0.25) is 0 Å². The quantitative estimate of drug-likeness (QED) is 0.760. The molecule has 20 heavy (non-hydrogen) atoms. The van der Waals surface area contributed by atoms with Gasteiger partial charge in [-0.1, -0.05) is 13.3 Å². The van der Waals surface area contributed by atoms with Gasteiger partial charge in [0.05, 0.1) is 12.7 Å². The van der Waals surface area contributed by atoms with Gasteiger partial charge in [-0.05, 0) is 82.1 Å². The molecule has 1 N–H and O–H groups in total. The number of hydrogen-bond donors (Lipinski definition) is 1. The second kappa shape index (κ2) is 5.96. The van der Waals surface area contributed by atoms with Crippen molar-refractivity contribution in [3.8, 4) is 0 Å². The van der Waals surface area contributed by atoms with Crippen LogP contribution in [0.15, 0.2) is 0 Å². The zero-order valence-corrected chi connectivity index (χ0v) is 13.7. The van der Waals surface area contributed by atoms with Gasteiger partial charge in [0.25, 0.3) is 0 Å². The van der Waals surface area contributed by atoms with Crippen molar-refractivity contribution in [2.75, 3.05) is 13.7 Å². The molecule has 2 nitrogen and oxygen atoms in total. The Bertz CT molecular complexity index is 292. The molecule has 0 radical (unpaired) electrons. The molecular weight excluding hydrogens is 246 g/mol. The fourth-order valence-electron chi connectivity index (χ4n) is 5.92. The van der Waals surface area contributed by atoms with Crippen LogP contribution in [0.1, 0.15) is 65.2 Å². The van der Waals surface area contributed by atoms with Crippen LogP contribution in [-0.2, 0) is 4.74 Å². The predicted octanol–water partition coefficient (Wildman–Crippen LogP) is 4.00. The van der Waals surface area contributed by atoms with Crippen LogP contribution in [0.5, 0.6) is 0 Å². The van der Waals surface area contributed by atoms with E-state index in [1.54, 1.807) is 0 Å². The lowest BCUT2D eigenvalue weighted by atomic mass is 9.48. The van der Waals surface area contributed by atoms with E-state index in [4.69, 9.17) is 4.74 Å². The van der Waals surface area contributed by atoms with Crippen LogP contribution >= 0.6 is 0 Å². The minimum atomic E-state index is 0.421. The molecule has 2 heteroatoms. The number of ether oxygens (including phenoxy) is 1. The normalized spacial score (nSPS) is 41.9. The zero-order valence-electron chi connectivity index (χ0n) is 13.7. The minimum absolute atomic E-state index is 0.421. The standard InChI is InChI=1S/C18H33NO/c1-4-5-13(2)20-12-17(19-3)18-9-14-6-15(10-18)8-16(7-14)11-18/h13-17,19H,4-12H2,1-3H3. The molecule has 2 atom stereocenters. The van der Waals surface area contributed by atoms with Crippen LogP contribution < -0.4 is 5.32 Å². The highest BCUT2D eigenvalue weighted by molar-refractivity contribution is 5.06. The molecule has 0 spiro atoms. The third kappa shape index (κ3) is 2.78. The summed E-state index contributed by atoms with van der Waals surface area (Å²) >= 11 is 0. The van der Waals surface area contributed by atoms with Gasteiger partial charge in [0.15, 0.2) is 0 Å². The van der Waals surface area contributed by atoms with Crippen molar-refractivity contribution in [2.45, 2.75) is 77.4 Å². The average Bonchev–Trinajstić information content (AvgIpc) is 2.37. The molecule has 4 aliphatic rings. The monoisotopic (exact) mass is 279 g/mol. The zero-order chi connectivity index (χ0) is 14.2. The number of likely N-dealkylation sites (N-methyl/N-ethyl adjacent to an activating group) is 1. The molecule has 0 aromatic carbocycles. The van der Waals surface area contributed by atoms with E-state index < -0.39 is 0 Å². The highest BCUT2D eigenvalue weighted by atomic mass is 16.5. The summed E-state index contributed by atoms with van der Waals surface area (Å²) in [5.74, 6) is 3.10. The largest absolute Gasteiger partial charge is 0.377 e. The molecule has 4 bridgehead atoms. The Labute approximate surface area is 125 Å². The van der Waals surface area contributed by atoms with E-state index in [-0.39, 0.29) is 0 Å². The lowest BCUT2D eigenvalue weighted by Crippen LogP contribution is -2.57. The second-order valence-electron chi connectivity index (χ2n) is 8.05. The van der Waals surface area contributed by atoms with E-state index in [2.05, 4.69) is 26.2 Å². The topological polar surface area (TPSA) is 21.3 Å². The van der Waals surface area contributed by atoms with Crippen molar-refractivity contribution in [1.29, 1.82) is 0 Å². The molecular formula is C18H33NO. The highest BCUT2D eigenvalue weighted by Crippen LogP contribution is 2.61. The Kier molecular flexibility index (Phi) is 4.42. The molecule has 0 amide bonds. The summed E-state index contributed by atoms with van der Waals surface area (Å²) in [5, 5.41) is 3.63. The SMILES string of the molecule is CCCC(C)OCC(NC)C12CC3CC(CC(C3)C1)C2. The first-order valence-corrected chi connectivity index (χ1v) is 8.94. The van der Waals surface area contributed by atoms with Gasteiger partial charge in [-0.25, -0.2) is 0 Å². The fraction of sp³-hybridized carbons (Fsp3) is 1.00. The van der Waals surface area contributed by atoms with Gasteiger partial charge < -0.3 is 10.1 Å². The third-order valence-corrected chi connectivity index (χ3v) is 6.42. The molecule has 2 unspecified atom stereocenters. The average molecular weight is 279 g/mol. The van der Waals surface area contributed by atoms with Gasteiger partial charge >= 0.3 is 0 Å². The maximum absolute atomic E-state index is 6.16. The van der Waals surface area contributed by atoms with E-state index >= 15 is 0 Å². The predicted molar refractivity (Wildman–Crippen MR) is 83.8 cm³/mol. The highest BCUT2D eigenvalue weighted by Gasteiger charge is 2.53. The van der Waals surface area contributed by atoms with Gasteiger partial charge in [-0.15, -0.1) is 0 Å². The molecule has 0 aromatic rings. The van der Waals surface area contributed by atoms with Gasteiger partial charge in [-0.3, -0.25) is 0 Å². The Morgan fingerprint density at radius 1 is 1.10 bits per heavy atom. The van der Waals surface area contributed by atoms with Crippen molar-refractivity contribution in [3.63, 3.8) is 0 Å². The van der Waals surface area contributed by atoms with Crippen molar-refractivity contribution in [1.82, 2.24) is 5.32 Å². The van der Waals surface area contributed by atoms with Gasteiger partial charge in [0.1, 0.15) is 0 Å². The van der Waals surface area contributed by atoms with Crippen LogP contribution in [-0.4, -0.2) is 25.8 Å². The summed E-state index contributed by atoms with van der Waals surface area (Å²) in [4.78, 5) is 0. The van der Waals surface area contributed by atoms with Gasteiger partial charge in [0, 0.05) is 6.04 Å². The molecule has 0 saturated heterocycles. The van der Waals surface area contributed by atoms with Crippen LogP contribution in [0.3, 0.4) is 0 Å². The Morgan fingerprint density at radius 2 is 1.65 bits per heavy atom. The first-order chi connectivity index (χ1) is 9.65. The van der Waals surface area contributed by atoms with Crippen molar-refractivity contribution < 1.29 is 4.74 Å². The molecule has 4 rings (SSSR count). The smallest absolute Gasteiger partial charge is 0.0628 e. The van der Waals surface area contributed by atoms with Crippen LogP contribution in [0.25, 0.3) is 0 Å². The van der Waals surface area contributed by atoms with Crippen molar-refractivity contribution >= 4 is 0 Å². The number of nitrogens with one attached hydrogen (secondary N) is 1. The van der Waals surface area contributed by atoms with E-state index in [9.17, 15) is 0 Å². The molecule has 0 aliphatic heterocycles. The van der Waals surface area contributed by atoms with E-state index in [0.717, 1.165) is 24.4 Å². The number of rotatable bonds is 7. The summed E-state index contributed by atoms with van der Waals surface area (Å²) in [6.45, 7) is 5.40. The molecule has 4 saturated carbocycles. The first kappa shape index (κ1) is 14.8. The maximum atomic E-state index is 6.16. The van der Waals surface area contributed by atoms with Crippen molar-refractivity contribution in [2.24, 2.45) is 23.2 Å². The maximum Gasteiger partial charge on any atom is 0.0628 e. The van der Waals surface area contributed by atoms with E-state index in [0.29, 0.717) is 17.6 Å². The number of hydrogen-bond acceptors (Lipinski definition) is 2. The van der Waals surface area contributed by atoms with Crippen LogP contribution in [0.4, 0.5) is 0 Å². The van der Waals surface area contributed by atoms with E-state index in [1.807, 2.05) is 0 Å². The van der Waals surface area contributed by atoms with E-state index in [1.165, 1.54) is 51.4 Å². The summed E-state index contributed by atoms with van der Waals surface area (Å²) in [7, 11) is 2.15. The Morgan fingerprint density at radius 3 is 2.10 bits per heavy atom. The molecule has 0 heterocycles. The summed E-state index contributed by atoms with van der Waals surface area (Å²) < 4.78 is 6.16. The Hall–Kier alpha value is -0.0800. The summed E-state index contributed by atoms with van der Waals surface area (Å²) in [6, 6.07) is 0.579. The molecule has 4 aliphatic carbocycles. The first-order valence-electron chi connectivity index (χ1n) is 8.94. The van der Waals surface area contributed by atoms with Gasteiger partial charge in [0.2, 0.25) is 0 Å². The third-order valence-electron chi connectivity index (χ3n) is 6.42. The van der Waals surface area contributed by atoms with Crippen LogP contribution in [0, 0.1) is 23.2 Å². The molecule has 116 valence electrons. The molecule has 0 aromatic heterocycles. The summed E-state index contributed by atoms with van der Waals surface area (Å²) in [6.07, 6.45) is 11.8. The lowest BCUT2D eigenvalue weighted by molar-refractivity contribution is -0.0933. The van der Waals surface area contributed by atoms with Crippen molar-refractivity contribution in [3.05, 3.63) is 0 Å². The lowest BCUT2D eigenvalue weighted by Gasteiger charge is -2.59.